The van der Waals surface area contributed by atoms with Crippen LogP contribution in [0.2, 0.25) is 0 Å². The summed E-state index contributed by atoms with van der Waals surface area (Å²) in [6.45, 7) is 3.21. The minimum atomic E-state index is -0.436. The molecule has 1 fully saturated rings. The van der Waals surface area contributed by atoms with Gasteiger partial charge in [0.1, 0.15) is 12.2 Å². The van der Waals surface area contributed by atoms with Gasteiger partial charge < -0.3 is 4.57 Å². The Labute approximate surface area is 98.8 Å². The summed E-state index contributed by atoms with van der Waals surface area (Å²) >= 11 is 0. The number of nitrogens with zero attached hydrogens (tertiary/aromatic N) is 4. The smallest absolute Gasteiger partial charge is 0.246 e. The number of likely N-dealkylation sites (tertiary alicyclic amines) is 1. The number of aryl methyl sites for hydroxylation is 1. The lowest BCUT2D eigenvalue weighted by atomic mass is 10.2. The van der Waals surface area contributed by atoms with Crippen LogP contribution in [-0.2, 0) is 22.7 Å². The minimum Gasteiger partial charge on any atom is -0.317 e. The Balaban J connectivity index is 1.95. The van der Waals surface area contributed by atoms with Crippen LogP contribution in [0.25, 0.3) is 0 Å². The SMILES string of the molecule is CCn1cnnc1CNC1CC(=O)N(C)C1=O. The van der Waals surface area contributed by atoms with Crippen molar-refractivity contribution in [2.75, 3.05) is 7.05 Å². The average Bonchev–Trinajstić information content (AvgIpc) is 2.87. The van der Waals surface area contributed by atoms with Gasteiger partial charge in [-0.2, -0.15) is 0 Å². The molecule has 2 amide bonds. The number of nitrogens with one attached hydrogen (secondary N) is 1. The van der Waals surface area contributed by atoms with Crippen LogP contribution >= 0.6 is 0 Å². The van der Waals surface area contributed by atoms with Crippen molar-refractivity contribution >= 4 is 11.8 Å². The van der Waals surface area contributed by atoms with Gasteiger partial charge in [0.2, 0.25) is 11.8 Å². The van der Waals surface area contributed by atoms with E-state index in [0.29, 0.717) is 6.54 Å². The summed E-state index contributed by atoms with van der Waals surface area (Å²) in [5, 5.41) is 10.8. The number of rotatable bonds is 4. The largest absolute Gasteiger partial charge is 0.317 e. The third-order valence-electron chi connectivity index (χ3n) is 2.92. The standard InChI is InChI=1S/C10H15N5O2/c1-3-15-6-12-13-8(15)5-11-7-4-9(16)14(2)10(7)17/h6-7,11H,3-5H2,1-2H3. The number of amides is 2. The lowest BCUT2D eigenvalue weighted by Crippen LogP contribution is -2.37. The van der Waals surface area contributed by atoms with Crippen LogP contribution < -0.4 is 5.32 Å². The zero-order chi connectivity index (χ0) is 12.4. The summed E-state index contributed by atoms with van der Waals surface area (Å²) in [5.74, 6) is 0.435. The first-order chi connectivity index (χ1) is 8.13. The zero-order valence-electron chi connectivity index (χ0n) is 9.88. The normalized spacial score (nSPS) is 20.4. The molecule has 2 heterocycles. The number of imide groups is 1. The molecule has 1 aromatic rings. The number of carbonyl (C=O) groups excluding carboxylic acids is 2. The highest BCUT2D eigenvalue weighted by Gasteiger charge is 2.35. The first-order valence-corrected chi connectivity index (χ1v) is 5.54. The molecule has 0 radical (unpaired) electrons. The van der Waals surface area contributed by atoms with Crippen LogP contribution in [0.3, 0.4) is 0 Å². The highest BCUT2D eigenvalue weighted by molar-refractivity contribution is 6.05. The first-order valence-electron chi connectivity index (χ1n) is 5.54. The van der Waals surface area contributed by atoms with E-state index in [1.807, 2.05) is 11.5 Å². The molecule has 1 atom stereocenters. The summed E-state index contributed by atoms with van der Waals surface area (Å²) in [7, 11) is 1.50. The van der Waals surface area contributed by atoms with Crippen LogP contribution in [0.5, 0.6) is 0 Å². The van der Waals surface area contributed by atoms with Gasteiger partial charge in [-0.25, -0.2) is 0 Å². The highest BCUT2D eigenvalue weighted by Crippen LogP contribution is 2.10. The van der Waals surface area contributed by atoms with E-state index < -0.39 is 6.04 Å². The maximum absolute atomic E-state index is 11.6. The van der Waals surface area contributed by atoms with E-state index in [1.165, 1.54) is 7.05 Å². The Hall–Kier alpha value is -1.76. The summed E-state index contributed by atoms with van der Waals surface area (Å²) in [6, 6.07) is -0.436. The number of aromatic nitrogens is 3. The quantitative estimate of drug-likeness (QED) is 0.690. The molecule has 92 valence electrons. The summed E-state index contributed by atoms with van der Waals surface area (Å²) in [5.41, 5.74) is 0. The molecule has 1 aromatic heterocycles. The van der Waals surface area contributed by atoms with E-state index in [4.69, 9.17) is 0 Å². The Morgan fingerprint density at radius 3 is 2.88 bits per heavy atom. The van der Waals surface area contributed by atoms with Crippen molar-refractivity contribution in [2.24, 2.45) is 0 Å². The summed E-state index contributed by atoms with van der Waals surface area (Å²) in [6.07, 6.45) is 1.86. The third-order valence-corrected chi connectivity index (χ3v) is 2.92. The lowest BCUT2D eigenvalue weighted by molar-refractivity contribution is -0.137. The third kappa shape index (κ3) is 2.19. The summed E-state index contributed by atoms with van der Waals surface area (Å²) < 4.78 is 1.89. The molecule has 7 heteroatoms. The number of likely N-dealkylation sites (N-methyl/N-ethyl adjacent to an activating group) is 1. The molecule has 1 N–H and O–H groups in total. The van der Waals surface area contributed by atoms with Gasteiger partial charge in [0, 0.05) is 13.6 Å². The topological polar surface area (TPSA) is 80.1 Å². The maximum Gasteiger partial charge on any atom is 0.246 e. The van der Waals surface area contributed by atoms with E-state index in [-0.39, 0.29) is 18.2 Å². The fourth-order valence-corrected chi connectivity index (χ4v) is 1.81. The van der Waals surface area contributed by atoms with Gasteiger partial charge >= 0.3 is 0 Å². The van der Waals surface area contributed by atoms with E-state index in [2.05, 4.69) is 15.5 Å². The maximum atomic E-state index is 11.6. The molecule has 0 aromatic carbocycles. The highest BCUT2D eigenvalue weighted by atomic mass is 16.2. The van der Waals surface area contributed by atoms with Crippen molar-refractivity contribution in [1.29, 1.82) is 0 Å². The molecule has 0 saturated carbocycles. The second-order valence-corrected chi connectivity index (χ2v) is 3.96. The molecule has 0 bridgehead atoms. The van der Waals surface area contributed by atoms with Gasteiger partial charge in [-0.15, -0.1) is 10.2 Å². The first kappa shape index (κ1) is 11.7. The Kier molecular flexibility index (Phi) is 3.19. The van der Waals surface area contributed by atoms with Crippen molar-refractivity contribution in [3.63, 3.8) is 0 Å². The minimum absolute atomic E-state index is 0.149. The predicted molar refractivity (Wildman–Crippen MR) is 58.7 cm³/mol. The number of carbonyl (C=O) groups is 2. The van der Waals surface area contributed by atoms with E-state index in [1.54, 1.807) is 6.33 Å². The van der Waals surface area contributed by atoms with E-state index >= 15 is 0 Å². The second-order valence-electron chi connectivity index (χ2n) is 3.96. The van der Waals surface area contributed by atoms with Crippen molar-refractivity contribution in [2.45, 2.75) is 32.5 Å². The Morgan fingerprint density at radius 1 is 1.53 bits per heavy atom. The number of hydrogen-bond donors (Lipinski definition) is 1. The predicted octanol–water partition coefficient (Wildman–Crippen LogP) is -0.855. The van der Waals surface area contributed by atoms with Gasteiger partial charge in [-0.05, 0) is 6.92 Å². The molecule has 2 rings (SSSR count). The molecular weight excluding hydrogens is 222 g/mol. The van der Waals surface area contributed by atoms with E-state index in [9.17, 15) is 9.59 Å². The molecule has 0 aliphatic carbocycles. The van der Waals surface area contributed by atoms with Crippen LogP contribution in [0, 0.1) is 0 Å². The molecule has 7 nitrogen and oxygen atoms in total. The van der Waals surface area contributed by atoms with Gasteiger partial charge in [-0.3, -0.25) is 19.8 Å². The van der Waals surface area contributed by atoms with Crippen LogP contribution in [0.4, 0.5) is 0 Å². The van der Waals surface area contributed by atoms with Crippen LogP contribution in [0.1, 0.15) is 19.2 Å². The second kappa shape index (κ2) is 4.62. The van der Waals surface area contributed by atoms with E-state index in [0.717, 1.165) is 17.3 Å². The van der Waals surface area contributed by atoms with Crippen molar-refractivity contribution in [3.05, 3.63) is 12.2 Å². The van der Waals surface area contributed by atoms with Crippen LogP contribution in [-0.4, -0.2) is 44.6 Å². The Bertz CT molecular complexity index is 442. The summed E-state index contributed by atoms with van der Waals surface area (Å²) in [4.78, 5) is 24.1. The lowest BCUT2D eigenvalue weighted by Gasteiger charge is -2.10. The molecule has 1 aliphatic rings. The van der Waals surface area contributed by atoms with Gasteiger partial charge in [0.15, 0.2) is 0 Å². The van der Waals surface area contributed by atoms with Crippen molar-refractivity contribution in [3.8, 4) is 0 Å². The fourth-order valence-electron chi connectivity index (χ4n) is 1.81. The van der Waals surface area contributed by atoms with Gasteiger partial charge in [0.25, 0.3) is 0 Å². The van der Waals surface area contributed by atoms with Crippen LogP contribution in [0.15, 0.2) is 6.33 Å². The average molecular weight is 237 g/mol. The molecule has 1 aliphatic heterocycles. The molecule has 0 spiro atoms. The molecular formula is C10H15N5O2. The van der Waals surface area contributed by atoms with Crippen molar-refractivity contribution in [1.82, 2.24) is 25.0 Å². The van der Waals surface area contributed by atoms with Gasteiger partial charge in [-0.1, -0.05) is 0 Å². The molecule has 1 saturated heterocycles. The van der Waals surface area contributed by atoms with Gasteiger partial charge in [0.05, 0.1) is 19.0 Å². The molecule has 1 unspecified atom stereocenters. The molecule has 17 heavy (non-hydrogen) atoms. The van der Waals surface area contributed by atoms with Crippen molar-refractivity contribution < 1.29 is 9.59 Å². The fraction of sp³-hybridized carbons (Fsp3) is 0.600. The Morgan fingerprint density at radius 2 is 2.29 bits per heavy atom. The monoisotopic (exact) mass is 237 g/mol. The zero-order valence-corrected chi connectivity index (χ0v) is 9.88. The number of hydrogen-bond acceptors (Lipinski definition) is 5.